The first-order valence-corrected chi connectivity index (χ1v) is 10.1. The third-order valence-electron chi connectivity index (χ3n) is 5.00. The summed E-state index contributed by atoms with van der Waals surface area (Å²) in [5.41, 5.74) is -0.830. The molecule has 1 saturated heterocycles. The van der Waals surface area contributed by atoms with Gasteiger partial charge in [-0.2, -0.15) is 18.2 Å². The summed E-state index contributed by atoms with van der Waals surface area (Å²) in [4.78, 5) is 28.6. The molecule has 3 aromatic heterocycles. The Kier molecular flexibility index (Phi) is 6.54. The number of carbonyl (C=O) groups excluding carboxylic acids is 1. The largest absolute Gasteiger partial charge is 0.477 e. The molecule has 0 aromatic carbocycles. The maximum Gasteiger partial charge on any atom is 0.433 e. The first-order valence-electron chi connectivity index (χ1n) is 10.1. The van der Waals surface area contributed by atoms with Crippen LogP contribution in [0.25, 0.3) is 11.5 Å². The van der Waals surface area contributed by atoms with Crippen molar-refractivity contribution in [1.29, 1.82) is 0 Å². The summed E-state index contributed by atoms with van der Waals surface area (Å²) in [7, 11) is 1.73. The Morgan fingerprint density at radius 3 is 2.73 bits per heavy atom. The van der Waals surface area contributed by atoms with Crippen LogP contribution in [0.1, 0.15) is 29.0 Å². The third-order valence-corrected chi connectivity index (χ3v) is 5.00. The fraction of sp³-hybridized carbons (Fsp3) is 0.381. The van der Waals surface area contributed by atoms with Crippen LogP contribution in [0.5, 0.6) is 11.6 Å². The van der Waals surface area contributed by atoms with Crippen LogP contribution in [-0.4, -0.2) is 50.3 Å². The van der Waals surface area contributed by atoms with Crippen molar-refractivity contribution in [3.05, 3.63) is 48.3 Å². The zero-order valence-corrected chi connectivity index (χ0v) is 17.6. The van der Waals surface area contributed by atoms with Crippen LogP contribution in [0.2, 0.25) is 0 Å². The predicted octanol–water partition coefficient (Wildman–Crippen LogP) is 3.32. The molecule has 0 amide bonds. The van der Waals surface area contributed by atoms with Gasteiger partial charge in [0.25, 0.3) is 0 Å². The van der Waals surface area contributed by atoms with Crippen molar-refractivity contribution < 1.29 is 32.2 Å². The van der Waals surface area contributed by atoms with E-state index in [9.17, 15) is 18.0 Å². The molecule has 1 fully saturated rings. The number of halogens is 3. The van der Waals surface area contributed by atoms with Crippen molar-refractivity contribution in [2.75, 3.05) is 19.8 Å². The highest BCUT2D eigenvalue weighted by molar-refractivity contribution is 5.89. The van der Waals surface area contributed by atoms with Gasteiger partial charge >= 0.3 is 12.1 Å². The molecule has 174 valence electrons. The fourth-order valence-electron chi connectivity index (χ4n) is 3.20. The number of imidazole rings is 1. The Morgan fingerprint density at radius 1 is 1.24 bits per heavy atom. The number of pyridine rings is 1. The van der Waals surface area contributed by atoms with Gasteiger partial charge < -0.3 is 18.8 Å². The summed E-state index contributed by atoms with van der Waals surface area (Å²) in [6, 6.07) is 3.09. The van der Waals surface area contributed by atoms with Crippen LogP contribution in [0.15, 0.2) is 36.9 Å². The average molecular weight is 463 g/mol. The molecule has 0 N–H and O–H groups in total. The van der Waals surface area contributed by atoms with E-state index in [2.05, 4.69) is 19.9 Å². The Labute approximate surface area is 186 Å². The van der Waals surface area contributed by atoms with Crippen molar-refractivity contribution >= 4 is 5.97 Å². The van der Waals surface area contributed by atoms with Crippen LogP contribution in [0.4, 0.5) is 13.2 Å². The first-order chi connectivity index (χ1) is 15.8. The number of rotatable bonds is 6. The third kappa shape index (κ3) is 5.64. The van der Waals surface area contributed by atoms with Gasteiger partial charge in [0.15, 0.2) is 11.5 Å². The monoisotopic (exact) mass is 463 g/mol. The highest BCUT2D eigenvalue weighted by Crippen LogP contribution is 2.30. The number of ether oxygens (including phenoxy) is 3. The smallest absolute Gasteiger partial charge is 0.433 e. The van der Waals surface area contributed by atoms with Gasteiger partial charge in [-0.3, -0.25) is 4.98 Å². The maximum absolute atomic E-state index is 12.9. The highest BCUT2D eigenvalue weighted by Gasteiger charge is 2.33. The molecule has 33 heavy (non-hydrogen) atoms. The molecule has 0 atom stereocenters. The van der Waals surface area contributed by atoms with Gasteiger partial charge in [-0.15, -0.1) is 0 Å². The van der Waals surface area contributed by atoms with Crippen LogP contribution in [-0.2, 0) is 18.0 Å². The van der Waals surface area contributed by atoms with Gasteiger partial charge in [0.05, 0.1) is 19.1 Å². The number of aromatic nitrogens is 5. The maximum atomic E-state index is 12.9. The van der Waals surface area contributed by atoms with E-state index in [1.807, 2.05) is 0 Å². The lowest BCUT2D eigenvalue weighted by molar-refractivity contribution is -0.141. The van der Waals surface area contributed by atoms with E-state index in [-0.39, 0.29) is 29.1 Å². The topological polar surface area (TPSA) is 101 Å². The molecule has 0 saturated carbocycles. The molecule has 0 aliphatic carbocycles. The van der Waals surface area contributed by atoms with Gasteiger partial charge in [0, 0.05) is 38.6 Å². The van der Waals surface area contributed by atoms with Gasteiger partial charge in [-0.05, 0) is 24.8 Å². The van der Waals surface area contributed by atoms with E-state index >= 15 is 0 Å². The number of hydrogen-bond acceptors (Lipinski definition) is 8. The standard InChI is InChI=1S/C21H20F3N5O4/c1-29-12-25-10-16(29)19-27-15(9-18(28-19)32-11-13-3-6-31-7-4-13)20(30)33-14-2-5-26-17(8-14)21(22,23)24/h2,5,8-10,12-13H,3-4,6-7,11H2,1H3. The second-order valence-electron chi connectivity index (χ2n) is 7.44. The second-order valence-corrected chi connectivity index (χ2v) is 7.44. The van der Waals surface area contributed by atoms with E-state index < -0.39 is 17.8 Å². The number of esters is 1. The number of aryl methyl sites for hydroxylation is 1. The molecule has 0 radical (unpaired) electrons. The number of nitrogens with zero attached hydrogens (tertiary/aromatic N) is 5. The summed E-state index contributed by atoms with van der Waals surface area (Å²) in [5.74, 6) is -0.687. The summed E-state index contributed by atoms with van der Waals surface area (Å²) in [6.45, 7) is 1.68. The Bertz CT molecular complexity index is 1130. The Hall–Kier alpha value is -3.54. The van der Waals surface area contributed by atoms with Gasteiger partial charge in [-0.1, -0.05) is 0 Å². The zero-order chi connectivity index (χ0) is 23.4. The summed E-state index contributed by atoms with van der Waals surface area (Å²) >= 11 is 0. The molecule has 4 heterocycles. The van der Waals surface area contributed by atoms with E-state index in [1.165, 1.54) is 12.3 Å². The lowest BCUT2D eigenvalue weighted by Crippen LogP contribution is -2.22. The van der Waals surface area contributed by atoms with Crippen molar-refractivity contribution in [2.45, 2.75) is 19.0 Å². The van der Waals surface area contributed by atoms with Crippen molar-refractivity contribution in [3.63, 3.8) is 0 Å². The molecular formula is C21H20F3N5O4. The van der Waals surface area contributed by atoms with Crippen molar-refractivity contribution in [2.24, 2.45) is 13.0 Å². The molecule has 0 bridgehead atoms. The number of alkyl halides is 3. The van der Waals surface area contributed by atoms with Crippen molar-refractivity contribution in [3.8, 4) is 23.1 Å². The molecule has 1 aliphatic heterocycles. The normalized spacial score (nSPS) is 14.8. The minimum Gasteiger partial charge on any atom is -0.477 e. The molecule has 4 rings (SSSR count). The van der Waals surface area contributed by atoms with Crippen molar-refractivity contribution in [1.82, 2.24) is 24.5 Å². The van der Waals surface area contributed by atoms with Crippen LogP contribution in [0, 0.1) is 5.92 Å². The molecule has 1 aliphatic rings. The summed E-state index contributed by atoms with van der Waals surface area (Å²) < 4.78 is 56.7. The van der Waals surface area contributed by atoms with Gasteiger partial charge in [0.2, 0.25) is 5.88 Å². The van der Waals surface area contributed by atoms with E-state index in [1.54, 1.807) is 17.9 Å². The molecular weight excluding hydrogens is 443 g/mol. The minimum atomic E-state index is -4.67. The quantitative estimate of drug-likeness (QED) is 0.513. The predicted molar refractivity (Wildman–Crippen MR) is 107 cm³/mol. The highest BCUT2D eigenvalue weighted by atomic mass is 19.4. The molecule has 0 spiro atoms. The number of hydrogen-bond donors (Lipinski definition) is 0. The van der Waals surface area contributed by atoms with E-state index in [4.69, 9.17) is 14.2 Å². The average Bonchev–Trinajstić information content (AvgIpc) is 3.24. The van der Waals surface area contributed by atoms with Gasteiger partial charge in [0.1, 0.15) is 17.1 Å². The first kappa shape index (κ1) is 22.6. The van der Waals surface area contributed by atoms with Crippen LogP contribution < -0.4 is 9.47 Å². The van der Waals surface area contributed by atoms with Crippen LogP contribution >= 0.6 is 0 Å². The summed E-state index contributed by atoms with van der Waals surface area (Å²) in [5, 5.41) is 0. The molecule has 12 heteroatoms. The lowest BCUT2D eigenvalue weighted by atomic mass is 10.0. The fourth-order valence-corrected chi connectivity index (χ4v) is 3.20. The summed E-state index contributed by atoms with van der Waals surface area (Å²) in [6.07, 6.45) is 0.994. The van der Waals surface area contributed by atoms with Crippen LogP contribution in [0.3, 0.4) is 0 Å². The minimum absolute atomic E-state index is 0.144. The Morgan fingerprint density at radius 2 is 2.03 bits per heavy atom. The second kappa shape index (κ2) is 9.53. The molecule has 0 unspecified atom stereocenters. The lowest BCUT2D eigenvalue weighted by Gasteiger charge is -2.21. The van der Waals surface area contributed by atoms with Gasteiger partial charge in [-0.25, -0.2) is 14.8 Å². The zero-order valence-electron chi connectivity index (χ0n) is 17.6. The number of carbonyl (C=O) groups is 1. The molecule has 9 nitrogen and oxygen atoms in total. The van der Waals surface area contributed by atoms with E-state index in [0.29, 0.717) is 31.6 Å². The Balaban J connectivity index is 1.59. The molecule has 3 aromatic rings. The van der Waals surface area contributed by atoms with E-state index in [0.717, 1.165) is 25.1 Å². The SMILES string of the molecule is Cn1cncc1-c1nc(OCC2CCOCC2)cc(C(=O)Oc2ccnc(C(F)(F)F)c2)n1.